The van der Waals surface area contributed by atoms with Gasteiger partial charge in [0.1, 0.15) is 0 Å². The molecule has 3 heterocycles. The van der Waals surface area contributed by atoms with Gasteiger partial charge in [-0.3, -0.25) is 9.59 Å². The van der Waals surface area contributed by atoms with E-state index in [4.69, 9.17) is 4.52 Å². The predicted molar refractivity (Wildman–Crippen MR) is 112 cm³/mol. The highest BCUT2D eigenvalue weighted by molar-refractivity contribution is 6.04. The summed E-state index contributed by atoms with van der Waals surface area (Å²) in [6.45, 7) is 4.18. The maximum atomic E-state index is 12.8. The minimum absolute atomic E-state index is 0.00510. The standard InChI is InChI=1S/C22H24N6O3/c1-14-17(22(30)26-16-7-4-3-5-8-16)13-23-21(24-14)18-9-6-12-28(18)20(29)11-10-19-25-15(2)27-31-19/h3-5,7-8,13,18H,6,9-12H2,1-2H3,(H,26,30)/t18-/m0/s1. The number of benzene rings is 1. The summed E-state index contributed by atoms with van der Waals surface area (Å²) >= 11 is 0. The molecule has 3 aromatic rings. The molecule has 4 rings (SSSR count). The molecule has 1 N–H and O–H groups in total. The maximum Gasteiger partial charge on any atom is 0.259 e. The summed E-state index contributed by atoms with van der Waals surface area (Å²) in [5.41, 5.74) is 1.70. The molecule has 1 fully saturated rings. The van der Waals surface area contributed by atoms with Gasteiger partial charge in [-0.05, 0) is 38.8 Å². The monoisotopic (exact) mass is 420 g/mol. The van der Waals surface area contributed by atoms with Crippen LogP contribution in [0.3, 0.4) is 0 Å². The van der Waals surface area contributed by atoms with Crippen molar-refractivity contribution in [1.82, 2.24) is 25.0 Å². The minimum Gasteiger partial charge on any atom is -0.339 e. The Kier molecular flexibility index (Phi) is 6.01. The second-order valence-corrected chi connectivity index (χ2v) is 7.53. The van der Waals surface area contributed by atoms with Gasteiger partial charge in [0.25, 0.3) is 5.91 Å². The van der Waals surface area contributed by atoms with Gasteiger partial charge in [-0.1, -0.05) is 23.4 Å². The van der Waals surface area contributed by atoms with Crippen molar-refractivity contribution in [2.24, 2.45) is 0 Å². The number of rotatable bonds is 6. The van der Waals surface area contributed by atoms with Crippen LogP contribution in [0.2, 0.25) is 0 Å². The van der Waals surface area contributed by atoms with E-state index >= 15 is 0 Å². The molecule has 9 heteroatoms. The number of aryl methyl sites for hydroxylation is 3. The fraction of sp³-hybridized carbons (Fsp3) is 0.364. The third-order valence-corrected chi connectivity index (χ3v) is 5.27. The van der Waals surface area contributed by atoms with Gasteiger partial charge in [-0.15, -0.1) is 0 Å². The van der Waals surface area contributed by atoms with Crippen molar-refractivity contribution in [1.29, 1.82) is 0 Å². The average Bonchev–Trinajstić information content (AvgIpc) is 3.41. The number of hydrogen-bond acceptors (Lipinski definition) is 7. The molecule has 2 amide bonds. The van der Waals surface area contributed by atoms with Gasteiger partial charge in [0.2, 0.25) is 11.8 Å². The van der Waals surface area contributed by atoms with Crippen molar-refractivity contribution in [3.05, 3.63) is 65.3 Å². The molecule has 0 unspecified atom stereocenters. The van der Waals surface area contributed by atoms with E-state index in [9.17, 15) is 9.59 Å². The minimum atomic E-state index is -0.260. The van der Waals surface area contributed by atoms with Crippen molar-refractivity contribution >= 4 is 17.5 Å². The van der Waals surface area contributed by atoms with Gasteiger partial charge in [0.05, 0.1) is 17.3 Å². The van der Waals surface area contributed by atoms with Crippen LogP contribution in [0.15, 0.2) is 41.1 Å². The van der Waals surface area contributed by atoms with Crippen molar-refractivity contribution in [3.63, 3.8) is 0 Å². The third kappa shape index (κ3) is 4.76. The summed E-state index contributed by atoms with van der Waals surface area (Å²) in [6, 6.07) is 9.04. The van der Waals surface area contributed by atoms with Gasteiger partial charge < -0.3 is 14.7 Å². The fourth-order valence-corrected chi connectivity index (χ4v) is 3.72. The highest BCUT2D eigenvalue weighted by Crippen LogP contribution is 2.31. The number of likely N-dealkylation sites (tertiary alicyclic amines) is 1. The van der Waals surface area contributed by atoms with Crippen LogP contribution in [-0.2, 0) is 11.2 Å². The first kappa shape index (κ1) is 20.6. The van der Waals surface area contributed by atoms with Gasteiger partial charge in [-0.25, -0.2) is 9.97 Å². The quantitative estimate of drug-likeness (QED) is 0.652. The zero-order valence-electron chi connectivity index (χ0n) is 17.5. The molecule has 0 bridgehead atoms. The molecule has 1 aliphatic heterocycles. The Labute approximate surface area is 179 Å². The summed E-state index contributed by atoms with van der Waals surface area (Å²) < 4.78 is 5.09. The van der Waals surface area contributed by atoms with E-state index < -0.39 is 0 Å². The number of carbonyl (C=O) groups excluding carboxylic acids is 2. The van der Waals surface area contributed by atoms with Crippen LogP contribution in [0.1, 0.15) is 58.9 Å². The molecule has 1 saturated heterocycles. The highest BCUT2D eigenvalue weighted by atomic mass is 16.5. The first-order chi connectivity index (χ1) is 15.0. The van der Waals surface area contributed by atoms with Crippen LogP contribution in [0, 0.1) is 13.8 Å². The SMILES string of the molecule is Cc1noc(CCC(=O)N2CCC[C@H]2c2ncc(C(=O)Nc3ccccc3)c(C)n2)n1. The molecule has 0 radical (unpaired) electrons. The Hall–Kier alpha value is -3.62. The number of nitrogens with one attached hydrogen (secondary N) is 1. The molecule has 160 valence electrons. The number of aromatic nitrogens is 4. The lowest BCUT2D eigenvalue weighted by molar-refractivity contribution is -0.132. The van der Waals surface area contributed by atoms with Gasteiger partial charge in [0, 0.05) is 31.3 Å². The Morgan fingerprint density at radius 1 is 1.19 bits per heavy atom. The van der Waals surface area contributed by atoms with Crippen molar-refractivity contribution < 1.29 is 14.1 Å². The molecule has 1 aliphatic rings. The van der Waals surface area contributed by atoms with Gasteiger partial charge in [0.15, 0.2) is 11.6 Å². The lowest BCUT2D eigenvalue weighted by Crippen LogP contribution is -2.32. The lowest BCUT2D eigenvalue weighted by Gasteiger charge is -2.24. The molecule has 0 aliphatic carbocycles. The van der Waals surface area contributed by atoms with E-state index in [2.05, 4.69) is 25.4 Å². The van der Waals surface area contributed by atoms with Crippen LogP contribution >= 0.6 is 0 Å². The summed E-state index contributed by atoms with van der Waals surface area (Å²) in [4.78, 5) is 40.3. The molecule has 0 spiro atoms. The topological polar surface area (TPSA) is 114 Å². The van der Waals surface area contributed by atoms with Crippen molar-refractivity contribution in [2.45, 2.75) is 45.6 Å². The summed E-state index contributed by atoms with van der Waals surface area (Å²) in [5, 5.41) is 6.60. The molecule has 31 heavy (non-hydrogen) atoms. The Balaban J connectivity index is 1.43. The third-order valence-electron chi connectivity index (χ3n) is 5.27. The molecular formula is C22H24N6O3. The lowest BCUT2D eigenvalue weighted by atomic mass is 10.1. The molecule has 1 aromatic carbocycles. The highest BCUT2D eigenvalue weighted by Gasteiger charge is 2.32. The molecule has 2 aromatic heterocycles. The van der Waals surface area contributed by atoms with Gasteiger partial charge >= 0.3 is 0 Å². The Morgan fingerprint density at radius 3 is 2.71 bits per heavy atom. The largest absolute Gasteiger partial charge is 0.339 e. The van der Waals surface area contributed by atoms with Crippen LogP contribution in [0.4, 0.5) is 5.69 Å². The Morgan fingerprint density at radius 2 is 2.00 bits per heavy atom. The van der Waals surface area contributed by atoms with E-state index in [-0.39, 0.29) is 24.3 Å². The van der Waals surface area contributed by atoms with E-state index in [1.54, 1.807) is 13.8 Å². The Bertz CT molecular complexity index is 1080. The number of nitrogens with zero attached hydrogens (tertiary/aromatic N) is 5. The van der Waals surface area contributed by atoms with Crippen molar-refractivity contribution in [2.75, 3.05) is 11.9 Å². The number of carbonyl (C=O) groups is 2. The zero-order valence-corrected chi connectivity index (χ0v) is 17.5. The van der Waals surface area contributed by atoms with Crippen LogP contribution in [0.5, 0.6) is 0 Å². The predicted octanol–water partition coefficient (Wildman–Crippen LogP) is 3.03. The number of hydrogen-bond donors (Lipinski definition) is 1. The van der Waals surface area contributed by atoms with E-state index in [1.807, 2.05) is 35.2 Å². The first-order valence-electron chi connectivity index (χ1n) is 10.3. The second-order valence-electron chi connectivity index (χ2n) is 7.53. The van der Waals surface area contributed by atoms with E-state index in [0.717, 1.165) is 12.8 Å². The zero-order chi connectivity index (χ0) is 21.8. The summed E-state index contributed by atoms with van der Waals surface area (Å²) in [7, 11) is 0. The number of anilines is 1. The van der Waals surface area contributed by atoms with E-state index in [0.29, 0.717) is 47.4 Å². The van der Waals surface area contributed by atoms with Crippen LogP contribution in [0.25, 0.3) is 0 Å². The average molecular weight is 420 g/mol. The molecule has 1 atom stereocenters. The van der Waals surface area contributed by atoms with E-state index in [1.165, 1.54) is 6.20 Å². The van der Waals surface area contributed by atoms with Crippen LogP contribution in [-0.4, -0.2) is 43.4 Å². The van der Waals surface area contributed by atoms with Gasteiger partial charge in [-0.2, -0.15) is 4.98 Å². The smallest absolute Gasteiger partial charge is 0.259 e. The number of para-hydroxylation sites is 1. The van der Waals surface area contributed by atoms with Crippen LogP contribution < -0.4 is 5.32 Å². The number of amides is 2. The first-order valence-corrected chi connectivity index (χ1v) is 10.3. The summed E-state index contributed by atoms with van der Waals surface area (Å²) in [5.74, 6) is 1.33. The molecule has 9 nitrogen and oxygen atoms in total. The molecular weight excluding hydrogens is 396 g/mol. The van der Waals surface area contributed by atoms with Crippen molar-refractivity contribution in [3.8, 4) is 0 Å². The molecule has 0 saturated carbocycles. The summed E-state index contributed by atoms with van der Waals surface area (Å²) in [6.07, 6.45) is 3.91. The maximum absolute atomic E-state index is 12.8. The fourth-order valence-electron chi connectivity index (χ4n) is 3.72. The normalized spacial score (nSPS) is 15.8. The second kappa shape index (κ2) is 9.03.